The lowest BCUT2D eigenvalue weighted by molar-refractivity contribution is -0.137. The predicted octanol–water partition coefficient (Wildman–Crippen LogP) is 3.59. The molecule has 1 atom stereocenters. The van der Waals surface area contributed by atoms with Crippen LogP contribution in [0.4, 0.5) is 28.9 Å². The summed E-state index contributed by atoms with van der Waals surface area (Å²) in [5, 5.41) is 2.75. The minimum absolute atomic E-state index is 0.289. The number of benzene rings is 2. The molecular weight excluding hydrogens is 340 g/mol. The van der Waals surface area contributed by atoms with Crippen LogP contribution in [0.15, 0.2) is 48.5 Å². The number of imide groups is 1. The van der Waals surface area contributed by atoms with Gasteiger partial charge in [-0.05, 0) is 36.4 Å². The Bertz CT molecular complexity index is 818. The van der Waals surface area contributed by atoms with Crippen LogP contribution in [-0.2, 0) is 15.8 Å². The van der Waals surface area contributed by atoms with Gasteiger partial charge in [-0.2, -0.15) is 13.2 Å². The molecule has 1 fully saturated rings. The van der Waals surface area contributed by atoms with E-state index in [4.69, 9.17) is 0 Å². The maximum absolute atomic E-state index is 13.1. The maximum atomic E-state index is 13.1. The average molecular weight is 352 g/mol. The van der Waals surface area contributed by atoms with Crippen LogP contribution < -0.4 is 10.2 Å². The minimum Gasteiger partial charge on any atom is -0.373 e. The monoisotopic (exact) mass is 352 g/mol. The Kier molecular flexibility index (Phi) is 4.20. The van der Waals surface area contributed by atoms with Crippen LogP contribution in [-0.4, -0.2) is 17.9 Å². The molecule has 0 aliphatic carbocycles. The highest BCUT2D eigenvalue weighted by Gasteiger charge is 2.44. The van der Waals surface area contributed by atoms with Crippen LogP contribution in [0.2, 0.25) is 0 Å². The van der Waals surface area contributed by atoms with Crippen LogP contribution in [0.25, 0.3) is 0 Å². The van der Waals surface area contributed by atoms with Crippen molar-refractivity contribution in [2.45, 2.75) is 18.6 Å². The fourth-order valence-corrected chi connectivity index (χ4v) is 2.65. The zero-order chi connectivity index (χ0) is 18.2. The van der Waals surface area contributed by atoms with E-state index in [0.29, 0.717) is 10.6 Å². The first kappa shape index (κ1) is 16.9. The van der Waals surface area contributed by atoms with Crippen molar-refractivity contribution in [3.8, 4) is 0 Å². The molecule has 2 aromatic carbocycles. The third-order valence-corrected chi connectivity index (χ3v) is 3.78. The summed E-state index contributed by atoms with van der Waals surface area (Å²) >= 11 is 0. The van der Waals surface area contributed by atoms with Crippen molar-refractivity contribution in [3.05, 3.63) is 59.9 Å². The van der Waals surface area contributed by atoms with Crippen molar-refractivity contribution in [2.75, 3.05) is 10.2 Å². The van der Waals surface area contributed by atoms with Crippen molar-refractivity contribution in [1.29, 1.82) is 0 Å². The van der Waals surface area contributed by atoms with Crippen LogP contribution in [0.5, 0.6) is 0 Å². The van der Waals surface area contributed by atoms with E-state index in [9.17, 15) is 27.2 Å². The van der Waals surface area contributed by atoms with E-state index >= 15 is 0 Å². The summed E-state index contributed by atoms with van der Waals surface area (Å²) in [6.45, 7) is 0. The maximum Gasteiger partial charge on any atom is 0.418 e. The van der Waals surface area contributed by atoms with E-state index in [1.165, 1.54) is 36.4 Å². The van der Waals surface area contributed by atoms with E-state index < -0.39 is 41.1 Å². The topological polar surface area (TPSA) is 49.4 Å². The molecule has 0 saturated carbocycles. The molecule has 0 bridgehead atoms. The van der Waals surface area contributed by atoms with Gasteiger partial charge in [0.1, 0.15) is 11.9 Å². The zero-order valence-electron chi connectivity index (χ0n) is 12.7. The van der Waals surface area contributed by atoms with Gasteiger partial charge in [0.15, 0.2) is 0 Å². The minimum atomic E-state index is -4.69. The molecule has 1 aliphatic heterocycles. The Morgan fingerprint density at radius 2 is 1.64 bits per heavy atom. The van der Waals surface area contributed by atoms with Gasteiger partial charge in [0.05, 0.1) is 17.7 Å². The number of amides is 2. The first-order valence-electron chi connectivity index (χ1n) is 7.32. The van der Waals surface area contributed by atoms with Gasteiger partial charge in [0.2, 0.25) is 5.91 Å². The highest BCUT2D eigenvalue weighted by atomic mass is 19.4. The summed E-state index contributed by atoms with van der Waals surface area (Å²) < 4.78 is 52.3. The number of carbonyl (C=O) groups excluding carboxylic acids is 2. The normalized spacial score (nSPS) is 17.9. The molecule has 1 N–H and O–H groups in total. The third kappa shape index (κ3) is 3.33. The molecule has 0 spiro atoms. The van der Waals surface area contributed by atoms with Gasteiger partial charge >= 0.3 is 6.18 Å². The molecule has 0 unspecified atom stereocenters. The average Bonchev–Trinajstić information content (AvgIpc) is 2.83. The Hall–Kier alpha value is -2.90. The molecule has 25 heavy (non-hydrogen) atoms. The van der Waals surface area contributed by atoms with E-state index in [-0.39, 0.29) is 6.42 Å². The van der Waals surface area contributed by atoms with Crippen LogP contribution >= 0.6 is 0 Å². The van der Waals surface area contributed by atoms with Crippen molar-refractivity contribution >= 4 is 23.2 Å². The number of rotatable bonds is 3. The first-order valence-corrected chi connectivity index (χ1v) is 7.32. The summed E-state index contributed by atoms with van der Waals surface area (Å²) in [5.74, 6) is -1.99. The number of anilines is 2. The number of carbonyl (C=O) groups is 2. The van der Waals surface area contributed by atoms with E-state index in [2.05, 4.69) is 5.32 Å². The van der Waals surface area contributed by atoms with E-state index in [0.717, 1.165) is 12.1 Å². The largest absolute Gasteiger partial charge is 0.418 e. The van der Waals surface area contributed by atoms with Crippen LogP contribution in [0.1, 0.15) is 12.0 Å². The summed E-state index contributed by atoms with van der Waals surface area (Å²) in [4.78, 5) is 25.2. The number of nitrogens with one attached hydrogen (secondary N) is 1. The van der Waals surface area contributed by atoms with Gasteiger partial charge in [0, 0.05) is 5.69 Å². The Labute approximate surface area is 140 Å². The van der Waals surface area contributed by atoms with Crippen LogP contribution in [0, 0.1) is 5.82 Å². The molecule has 1 saturated heterocycles. The summed E-state index contributed by atoms with van der Waals surface area (Å²) in [7, 11) is 0. The summed E-state index contributed by atoms with van der Waals surface area (Å²) in [5.41, 5.74) is -1.16. The van der Waals surface area contributed by atoms with Gasteiger partial charge in [-0.25, -0.2) is 9.29 Å². The molecule has 0 radical (unpaired) electrons. The smallest absolute Gasteiger partial charge is 0.373 e. The number of nitrogens with zero attached hydrogens (tertiary/aromatic N) is 1. The number of alkyl halides is 3. The summed E-state index contributed by atoms with van der Waals surface area (Å²) in [6, 6.07) is 8.48. The first-order chi connectivity index (χ1) is 11.8. The molecule has 2 amide bonds. The Morgan fingerprint density at radius 1 is 1.00 bits per heavy atom. The predicted molar refractivity (Wildman–Crippen MR) is 82.4 cm³/mol. The fraction of sp³-hybridized carbons (Fsp3) is 0.176. The second-order valence-electron chi connectivity index (χ2n) is 5.49. The zero-order valence-corrected chi connectivity index (χ0v) is 12.7. The number of halogens is 4. The second kappa shape index (κ2) is 6.19. The number of hydrogen-bond acceptors (Lipinski definition) is 3. The van der Waals surface area contributed by atoms with Gasteiger partial charge in [-0.3, -0.25) is 9.59 Å². The highest BCUT2D eigenvalue weighted by Crippen LogP contribution is 2.38. The lowest BCUT2D eigenvalue weighted by atomic mass is 10.1. The second-order valence-corrected chi connectivity index (χ2v) is 5.49. The molecule has 4 nitrogen and oxygen atoms in total. The van der Waals surface area contributed by atoms with Crippen molar-refractivity contribution in [1.82, 2.24) is 0 Å². The molecule has 130 valence electrons. The van der Waals surface area contributed by atoms with E-state index in [1.54, 1.807) is 0 Å². The molecule has 1 aliphatic rings. The Balaban J connectivity index is 1.89. The lowest BCUT2D eigenvalue weighted by Gasteiger charge is -2.20. The molecular formula is C17H12F4N2O2. The van der Waals surface area contributed by atoms with E-state index in [1.807, 2.05) is 0 Å². The Morgan fingerprint density at radius 3 is 2.28 bits per heavy atom. The van der Waals surface area contributed by atoms with Gasteiger partial charge in [-0.1, -0.05) is 12.1 Å². The molecule has 3 rings (SSSR count). The number of para-hydroxylation sites is 1. The van der Waals surface area contributed by atoms with Gasteiger partial charge < -0.3 is 5.32 Å². The standard InChI is InChI=1S/C17H12F4N2O2/c18-10-5-7-11(8-6-10)22-13-9-15(24)23(16(13)25)14-4-2-1-3-12(14)17(19,20)21/h1-8,13,22H,9H2/t13-/m0/s1. The van der Waals surface area contributed by atoms with Gasteiger partial charge in [0.25, 0.3) is 5.91 Å². The van der Waals surface area contributed by atoms with Crippen molar-refractivity contribution in [3.63, 3.8) is 0 Å². The molecule has 0 aromatic heterocycles. The molecule has 2 aromatic rings. The SMILES string of the molecule is O=C1C[C@H](Nc2ccc(F)cc2)C(=O)N1c1ccccc1C(F)(F)F. The third-order valence-electron chi connectivity index (χ3n) is 3.78. The lowest BCUT2D eigenvalue weighted by Crippen LogP contribution is -2.36. The molecule has 1 heterocycles. The quantitative estimate of drug-likeness (QED) is 0.678. The highest BCUT2D eigenvalue weighted by molar-refractivity contribution is 6.23. The fourth-order valence-electron chi connectivity index (χ4n) is 2.65. The van der Waals surface area contributed by atoms with Crippen molar-refractivity contribution in [2.24, 2.45) is 0 Å². The summed E-state index contributed by atoms with van der Waals surface area (Å²) in [6.07, 6.45) is -4.98. The van der Waals surface area contributed by atoms with Gasteiger partial charge in [-0.15, -0.1) is 0 Å². The van der Waals surface area contributed by atoms with Crippen LogP contribution in [0.3, 0.4) is 0 Å². The number of hydrogen-bond donors (Lipinski definition) is 1. The van der Waals surface area contributed by atoms with Crippen molar-refractivity contribution < 1.29 is 27.2 Å². The molecule has 8 heteroatoms.